The third-order valence-electron chi connectivity index (χ3n) is 4.81. The number of carbonyl (C=O) groups excluding carboxylic acids is 1. The van der Waals surface area contributed by atoms with E-state index in [1.807, 2.05) is 0 Å². The van der Waals surface area contributed by atoms with Gasteiger partial charge < -0.3 is 11.1 Å². The number of hydrogen-bond acceptors (Lipinski definition) is 2. The van der Waals surface area contributed by atoms with Crippen LogP contribution < -0.4 is 11.1 Å². The van der Waals surface area contributed by atoms with Crippen molar-refractivity contribution in [3.63, 3.8) is 0 Å². The zero-order valence-corrected chi connectivity index (χ0v) is 13.9. The number of nitrogens with one attached hydrogen (secondary N) is 1. The molecular weight excluding hydrogens is 317 g/mol. The van der Waals surface area contributed by atoms with Crippen LogP contribution in [0.15, 0.2) is 24.3 Å². The van der Waals surface area contributed by atoms with Crippen molar-refractivity contribution in [1.82, 2.24) is 5.32 Å². The maximum atomic E-state index is 12.6. The van der Waals surface area contributed by atoms with Gasteiger partial charge in [0, 0.05) is 12.0 Å². The molecule has 0 radical (unpaired) electrons. The SMILES string of the molecule is CC(Cc1ccc(C(F)(F)F)cc1)C(=O)NC1CCCCC1CN. The molecule has 24 heavy (non-hydrogen) atoms. The van der Waals surface area contributed by atoms with E-state index in [1.54, 1.807) is 6.92 Å². The summed E-state index contributed by atoms with van der Waals surface area (Å²) in [5, 5.41) is 3.08. The fourth-order valence-electron chi connectivity index (χ4n) is 3.28. The van der Waals surface area contributed by atoms with Crippen LogP contribution in [-0.2, 0) is 17.4 Å². The second-order valence-corrected chi connectivity index (χ2v) is 6.70. The third-order valence-corrected chi connectivity index (χ3v) is 4.81. The first-order valence-electron chi connectivity index (χ1n) is 8.48. The van der Waals surface area contributed by atoms with Gasteiger partial charge in [-0.2, -0.15) is 13.2 Å². The summed E-state index contributed by atoms with van der Waals surface area (Å²) in [5.41, 5.74) is 5.83. The molecule has 0 spiro atoms. The molecule has 1 aromatic carbocycles. The van der Waals surface area contributed by atoms with E-state index in [1.165, 1.54) is 12.1 Å². The van der Waals surface area contributed by atoms with Crippen LogP contribution in [0, 0.1) is 11.8 Å². The van der Waals surface area contributed by atoms with E-state index in [0.29, 0.717) is 18.9 Å². The number of carbonyl (C=O) groups is 1. The molecule has 3 atom stereocenters. The molecule has 1 amide bonds. The Hall–Kier alpha value is -1.56. The zero-order valence-electron chi connectivity index (χ0n) is 13.9. The van der Waals surface area contributed by atoms with Crippen LogP contribution in [0.5, 0.6) is 0 Å². The van der Waals surface area contributed by atoms with Crippen molar-refractivity contribution >= 4 is 5.91 Å². The molecule has 0 aliphatic heterocycles. The number of hydrogen-bond donors (Lipinski definition) is 2. The van der Waals surface area contributed by atoms with Gasteiger partial charge in [0.25, 0.3) is 0 Å². The zero-order chi connectivity index (χ0) is 17.7. The average molecular weight is 342 g/mol. The molecule has 1 saturated carbocycles. The maximum absolute atomic E-state index is 12.6. The van der Waals surface area contributed by atoms with Gasteiger partial charge in [0.1, 0.15) is 0 Å². The van der Waals surface area contributed by atoms with Crippen molar-refractivity contribution in [3.8, 4) is 0 Å². The van der Waals surface area contributed by atoms with Gasteiger partial charge >= 0.3 is 6.18 Å². The third kappa shape index (κ3) is 4.97. The summed E-state index contributed by atoms with van der Waals surface area (Å²) in [6, 6.07) is 5.12. The molecule has 0 heterocycles. The van der Waals surface area contributed by atoms with E-state index in [0.717, 1.165) is 43.4 Å². The van der Waals surface area contributed by atoms with Crippen molar-refractivity contribution in [2.45, 2.75) is 51.2 Å². The molecule has 134 valence electrons. The molecule has 1 aliphatic rings. The van der Waals surface area contributed by atoms with Gasteiger partial charge in [-0.3, -0.25) is 4.79 Å². The Bertz CT molecular complexity index is 542. The van der Waals surface area contributed by atoms with Crippen LogP contribution in [0.25, 0.3) is 0 Å². The van der Waals surface area contributed by atoms with Gasteiger partial charge in [-0.15, -0.1) is 0 Å². The number of benzene rings is 1. The molecule has 1 aliphatic carbocycles. The Morgan fingerprint density at radius 2 is 1.88 bits per heavy atom. The number of alkyl halides is 3. The van der Waals surface area contributed by atoms with Gasteiger partial charge in [0.05, 0.1) is 5.56 Å². The van der Waals surface area contributed by atoms with Crippen LogP contribution in [0.3, 0.4) is 0 Å². The van der Waals surface area contributed by atoms with Crippen LogP contribution in [-0.4, -0.2) is 18.5 Å². The molecule has 3 nitrogen and oxygen atoms in total. The van der Waals surface area contributed by atoms with Gasteiger partial charge in [0.2, 0.25) is 5.91 Å². The summed E-state index contributed by atoms with van der Waals surface area (Å²) in [7, 11) is 0. The quantitative estimate of drug-likeness (QED) is 0.860. The number of rotatable bonds is 5. The van der Waals surface area contributed by atoms with E-state index < -0.39 is 11.7 Å². The molecule has 0 saturated heterocycles. The second kappa shape index (κ2) is 8.01. The van der Waals surface area contributed by atoms with Crippen molar-refractivity contribution in [2.24, 2.45) is 17.6 Å². The predicted molar refractivity (Wildman–Crippen MR) is 87.3 cm³/mol. The van der Waals surface area contributed by atoms with Crippen LogP contribution in [0.2, 0.25) is 0 Å². The average Bonchev–Trinajstić information content (AvgIpc) is 2.55. The first-order chi connectivity index (χ1) is 11.3. The first-order valence-corrected chi connectivity index (χ1v) is 8.48. The summed E-state index contributed by atoms with van der Waals surface area (Å²) in [5.74, 6) is -0.0247. The van der Waals surface area contributed by atoms with Gasteiger partial charge in [-0.25, -0.2) is 0 Å². The number of halogens is 3. The molecule has 2 rings (SSSR count). The Morgan fingerprint density at radius 1 is 1.25 bits per heavy atom. The first kappa shape index (κ1) is 18.8. The summed E-state index contributed by atoms with van der Waals surface area (Å²) in [4.78, 5) is 12.4. The standard InChI is InChI=1S/C18H25F3N2O/c1-12(10-13-6-8-15(9-7-13)18(19,20)21)17(24)23-16-5-3-2-4-14(16)11-22/h6-9,12,14,16H,2-5,10-11,22H2,1H3,(H,23,24). The molecule has 0 aromatic heterocycles. The van der Waals surface area contributed by atoms with Crippen LogP contribution >= 0.6 is 0 Å². The number of nitrogens with two attached hydrogens (primary N) is 1. The van der Waals surface area contributed by atoms with Gasteiger partial charge in [0.15, 0.2) is 0 Å². The Labute approximate surface area is 140 Å². The molecule has 3 N–H and O–H groups in total. The Morgan fingerprint density at radius 3 is 2.46 bits per heavy atom. The highest BCUT2D eigenvalue weighted by Crippen LogP contribution is 2.29. The van der Waals surface area contributed by atoms with Gasteiger partial charge in [-0.05, 0) is 49.4 Å². The summed E-state index contributed by atoms with van der Waals surface area (Å²) in [6.45, 7) is 2.37. The monoisotopic (exact) mass is 342 g/mol. The lowest BCUT2D eigenvalue weighted by molar-refractivity contribution is -0.137. The van der Waals surface area contributed by atoms with Crippen molar-refractivity contribution in [2.75, 3.05) is 6.54 Å². The van der Waals surface area contributed by atoms with E-state index in [9.17, 15) is 18.0 Å². The minimum atomic E-state index is -4.33. The van der Waals surface area contributed by atoms with Gasteiger partial charge in [-0.1, -0.05) is 31.9 Å². The lowest BCUT2D eigenvalue weighted by Crippen LogP contribution is -2.46. The highest BCUT2D eigenvalue weighted by molar-refractivity contribution is 5.79. The highest BCUT2D eigenvalue weighted by Gasteiger charge is 2.30. The summed E-state index contributed by atoms with van der Waals surface area (Å²) >= 11 is 0. The normalized spacial score (nSPS) is 22.9. The second-order valence-electron chi connectivity index (χ2n) is 6.70. The maximum Gasteiger partial charge on any atom is 0.416 e. The lowest BCUT2D eigenvalue weighted by atomic mass is 9.84. The Kier molecular flexibility index (Phi) is 6.27. The van der Waals surface area contributed by atoms with E-state index in [4.69, 9.17) is 5.73 Å². The summed E-state index contributed by atoms with van der Waals surface area (Å²) in [6.07, 6.45) is 0.309. The molecule has 6 heteroatoms. The Balaban J connectivity index is 1.91. The van der Waals surface area contributed by atoms with E-state index >= 15 is 0 Å². The smallest absolute Gasteiger partial charge is 0.353 e. The fourth-order valence-corrected chi connectivity index (χ4v) is 3.28. The van der Waals surface area contributed by atoms with Crippen LogP contribution in [0.4, 0.5) is 13.2 Å². The molecule has 0 bridgehead atoms. The summed E-state index contributed by atoms with van der Waals surface area (Å²) < 4.78 is 37.7. The largest absolute Gasteiger partial charge is 0.416 e. The molecule has 3 unspecified atom stereocenters. The van der Waals surface area contributed by atoms with Crippen LogP contribution in [0.1, 0.15) is 43.7 Å². The fraction of sp³-hybridized carbons (Fsp3) is 0.611. The molecule has 1 fully saturated rings. The minimum Gasteiger partial charge on any atom is -0.353 e. The molecular formula is C18H25F3N2O. The highest BCUT2D eigenvalue weighted by atomic mass is 19.4. The molecule has 1 aromatic rings. The van der Waals surface area contributed by atoms with Crippen molar-refractivity contribution < 1.29 is 18.0 Å². The number of amides is 1. The lowest BCUT2D eigenvalue weighted by Gasteiger charge is -2.32. The topological polar surface area (TPSA) is 55.1 Å². The van der Waals surface area contributed by atoms with Crippen molar-refractivity contribution in [1.29, 1.82) is 0 Å². The van der Waals surface area contributed by atoms with E-state index in [-0.39, 0.29) is 17.9 Å². The predicted octanol–water partition coefficient (Wildman–Crippen LogP) is 3.52. The van der Waals surface area contributed by atoms with Crippen molar-refractivity contribution in [3.05, 3.63) is 35.4 Å². The van der Waals surface area contributed by atoms with E-state index in [2.05, 4.69) is 5.32 Å². The minimum absolute atomic E-state index is 0.0553.